The lowest BCUT2D eigenvalue weighted by Crippen LogP contribution is -1.87. The van der Waals surface area contributed by atoms with E-state index in [1.807, 2.05) is 18.2 Å². The maximum Gasteiger partial charge on any atom is 0.123 e. The Hall–Kier alpha value is -1.63. The molecule has 2 rings (SSSR count). The highest BCUT2D eigenvalue weighted by Gasteiger charge is 2.02. The Morgan fingerprint density at radius 3 is 2.19 bits per heavy atom. The van der Waals surface area contributed by atoms with Gasteiger partial charge in [-0.3, -0.25) is 0 Å². The van der Waals surface area contributed by atoms with E-state index in [2.05, 4.69) is 32.0 Å². The van der Waals surface area contributed by atoms with Crippen LogP contribution in [0, 0.1) is 5.82 Å². The van der Waals surface area contributed by atoms with Crippen molar-refractivity contribution in [2.75, 3.05) is 0 Å². The minimum absolute atomic E-state index is 0.191. The predicted molar refractivity (Wildman–Crippen MR) is 65.9 cm³/mol. The Bertz CT molecular complexity index is 469. The molecule has 0 saturated heterocycles. The van der Waals surface area contributed by atoms with Crippen molar-refractivity contribution < 1.29 is 4.39 Å². The third-order valence-electron chi connectivity index (χ3n) is 2.73. The zero-order valence-electron chi connectivity index (χ0n) is 9.57. The second-order valence-corrected chi connectivity index (χ2v) is 4.29. The van der Waals surface area contributed by atoms with E-state index in [0.717, 1.165) is 11.1 Å². The molecule has 0 amide bonds. The van der Waals surface area contributed by atoms with E-state index in [0.29, 0.717) is 5.92 Å². The van der Waals surface area contributed by atoms with Crippen LogP contribution in [0.5, 0.6) is 0 Å². The summed E-state index contributed by atoms with van der Waals surface area (Å²) in [5.74, 6) is 0.323. The molecule has 0 saturated carbocycles. The lowest BCUT2D eigenvalue weighted by molar-refractivity contribution is 0.628. The summed E-state index contributed by atoms with van der Waals surface area (Å²) in [6.07, 6.45) is 0. The summed E-state index contributed by atoms with van der Waals surface area (Å²) in [5.41, 5.74) is 3.51. The largest absolute Gasteiger partial charge is 0.207 e. The minimum atomic E-state index is -0.191. The molecular weight excluding hydrogens is 199 g/mol. The van der Waals surface area contributed by atoms with Crippen LogP contribution in [0.3, 0.4) is 0 Å². The van der Waals surface area contributed by atoms with Crippen LogP contribution in [0.15, 0.2) is 48.5 Å². The van der Waals surface area contributed by atoms with Gasteiger partial charge in [-0.15, -0.1) is 0 Å². The maximum absolute atomic E-state index is 12.8. The topological polar surface area (TPSA) is 0 Å². The second-order valence-electron chi connectivity index (χ2n) is 4.29. The van der Waals surface area contributed by atoms with Crippen molar-refractivity contribution >= 4 is 0 Å². The van der Waals surface area contributed by atoms with Gasteiger partial charge in [0.2, 0.25) is 0 Å². The molecule has 0 fully saturated rings. The van der Waals surface area contributed by atoms with Crippen molar-refractivity contribution in [2.45, 2.75) is 19.8 Å². The highest BCUT2D eigenvalue weighted by Crippen LogP contribution is 2.23. The molecular formula is C15H15F. The molecule has 0 radical (unpaired) electrons. The first-order valence-electron chi connectivity index (χ1n) is 5.53. The first-order valence-corrected chi connectivity index (χ1v) is 5.53. The standard InChI is InChI=1S/C15H15F/c1-11(2)13-4-3-5-14(10-13)12-6-8-15(16)9-7-12/h3-11H,1-2H3. The normalized spacial score (nSPS) is 10.8. The van der Waals surface area contributed by atoms with Gasteiger partial charge in [0.1, 0.15) is 5.82 Å². The number of halogens is 1. The van der Waals surface area contributed by atoms with Crippen LogP contribution in [0.1, 0.15) is 25.3 Å². The summed E-state index contributed by atoms with van der Waals surface area (Å²) in [7, 11) is 0. The van der Waals surface area contributed by atoms with Crippen molar-refractivity contribution in [1.82, 2.24) is 0 Å². The highest BCUT2D eigenvalue weighted by molar-refractivity contribution is 5.64. The molecule has 2 aromatic carbocycles. The fraction of sp³-hybridized carbons (Fsp3) is 0.200. The Labute approximate surface area is 95.7 Å². The molecule has 0 aromatic heterocycles. The van der Waals surface area contributed by atoms with Crippen LogP contribution < -0.4 is 0 Å². The van der Waals surface area contributed by atoms with Gasteiger partial charge < -0.3 is 0 Å². The number of benzene rings is 2. The first-order chi connectivity index (χ1) is 7.66. The van der Waals surface area contributed by atoms with E-state index in [1.165, 1.54) is 17.7 Å². The van der Waals surface area contributed by atoms with Crippen LogP contribution >= 0.6 is 0 Å². The van der Waals surface area contributed by atoms with Crippen LogP contribution in [0.4, 0.5) is 4.39 Å². The smallest absolute Gasteiger partial charge is 0.123 e. The summed E-state index contributed by atoms with van der Waals surface area (Å²) in [4.78, 5) is 0. The zero-order valence-corrected chi connectivity index (χ0v) is 9.57. The van der Waals surface area contributed by atoms with Crippen LogP contribution in [0.25, 0.3) is 11.1 Å². The van der Waals surface area contributed by atoms with Crippen molar-refractivity contribution in [3.63, 3.8) is 0 Å². The van der Waals surface area contributed by atoms with E-state index in [4.69, 9.17) is 0 Å². The third kappa shape index (κ3) is 2.30. The van der Waals surface area contributed by atoms with Gasteiger partial charge >= 0.3 is 0 Å². The molecule has 16 heavy (non-hydrogen) atoms. The van der Waals surface area contributed by atoms with Crippen molar-refractivity contribution in [3.05, 3.63) is 59.9 Å². The SMILES string of the molecule is CC(C)c1cccc(-c2ccc(F)cc2)c1. The molecule has 0 unspecified atom stereocenters. The van der Waals surface area contributed by atoms with Crippen molar-refractivity contribution in [3.8, 4) is 11.1 Å². The molecule has 2 aromatic rings. The number of hydrogen-bond donors (Lipinski definition) is 0. The van der Waals surface area contributed by atoms with E-state index >= 15 is 0 Å². The lowest BCUT2D eigenvalue weighted by atomic mass is 9.97. The van der Waals surface area contributed by atoms with Gasteiger partial charge in [0.15, 0.2) is 0 Å². The molecule has 82 valence electrons. The molecule has 0 aliphatic heterocycles. The van der Waals surface area contributed by atoms with E-state index in [1.54, 1.807) is 0 Å². The number of hydrogen-bond acceptors (Lipinski definition) is 0. The Morgan fingerprint density at radius 1 is 0.875 bits per heavy atom. The average molecular weight is 214 g/mol. The molecule has 0 aliphatic carbocycles. The van der Waals surface area contributed by atoms with Gasteiger partial charge in [-0.25, -0.2) is 4.39 Å². The van der Waals surface area contributed by atoms with E-state index in [-0.39, 0.29) is 5.82 Å². The van der Waals surface area contributed by atoms with Gasteiger partial charge in [-0.05, 0) is 34.7 Å². The lowest BCUT2D eigenvalue weighted by Gasteiger charge is -2.08. The van der Waals surface area contributed by atoms with Crippen molar-refractivity contribution in [2.24, 2.45) is 0 Å². The Kier molecular flexibility index (Phi) is 3.04. The quantitative estimate of drug-likeness (QED) is 0.684. The molecule has 0 nitrogen and oxygen atoms in total. The highest BCUT2D eigenvalue weighted by atomic mass is 19.1. The molecule has 0 bridgehead atoms. The Morgan fingerprint density at radius 2 is 1.56 bits per heavy atom. The van der Waals surface area contributed by atoms with Gasteiger partial charge in [-0.2, -0.15) is 0 Å². The monoisotopic (exact) mass is 214 g/mol. The van der Waals surface area contributed by atoms with Crippen LogP contribution in [0.2, 0.25) is 0 Å². The second kappa shape index (κ2) is 4.48. The summed E-state index contributed by atoms with van der Waals surface area (Å²) in [6.45, 7) is 4.34. The summed E-state index contributed by atoms with van der Waals surface area (Å²) >= 11 is 0. The third-order valence-corrected chi connectivity index (χ3v) is 2.73. The average Bonchev–Trinajstić information content (AvgIpc) is 2.30. The van der Waals surface area contributed by atoms with Gasteiger partial charge in [0.25, 0.3) is 0 Å². The van der Waals surface area contributed by atoms with Gasteiger partial charge in [0.05, 0.1) is 0 Å². The number of rotatable bonds is 2. The summed E-state index contributed by atoms with van der Waals surface area (Å²) < 4.78 is 12.8. The fourth-order valence-corrected chi connectivity index (χ4v) is 1.72. The Balaban J connectivity index is 2.40. The van der Waals surface area contributed by atoms with Crippen LogP contribution in [-0.2, 0) is 0 Å². The predicted octanol–water partition coefficient (Wildman–Crippen LogP) is 4.62. The van der Waals surface area contributed by atoms with E-state index in [9.17, 15) is 4.39 Å². The van der Waals surface area contributed by atoms with Gasteiger partial charge in [0, 0.05) is 0 Å². The zero-order chi connectivity index (χ0) is 11.5. The molecule has 0 N–H and O–H groups in total. The van der Waals surface area contributed by atoms with E-state index < -0.39 is 0 Å². The molecule has 0 heterocycles. The van der Waals surface area contributed by atoms with Crippen LogP contribution in [-0.4, -0.2) is 0 Å². The molecule has 1 heteroatoms. The first kappa shape index (κ1) is 10.9. The van der Waals surface area contributed by atoms with Crippen molar-refractivity contribution in [1.29, 1.82) is 0 Å². The minimum Gasteiger partial charge on any atom is -0.207 e. The summed E-state index contributed by atoms with van der Waals surface area (Å²) in [6, 6.07) is 15.0. The summed E-state index contributed by atoms with van der Waals surface area (Å²) in [5, 5.41) is 0. The maximum atomic E-state index is 12.8. The van der Waals surface area contributed by atoms with Gasteiger partial charge in [-0.1, -0.05) is 50.2 Å². The fourth-order valence-electron chi connectivity index (χ4n) is 1.72. The molecule has 0 aliphatic rings. The molecule has 0 spiro atoms. The molecule has 0 atom stereocenters.